The summed E-state index contributed by atoms with van der Waals surface area (Å²) in [7, 11) is 0. The molecule has 0 unspecified atom stereocenters. The molecule has 0 radical (unpaired) electrons. The van der Waals surface area contributed by atoms with Crippen LogP contribution in [-0.2, 0) is 26.1 Å². The van der Waals surface area contributed by atoms with Gasteiger partial charge in [0.05, 0.1) is 36.0 Å². The van der Waals surface area contributed by atoms with Gasteiger partial charge in [-0.15, -0.1) is 0 Å². The zero-order chi connectivity index (χ0) is 42.9. The van der Waals surface area contributed by atoms with Gasteiger partial charge in [0, 0.05) is 44.3 Å². The number of hydrogen-bond donors (Lipinski definition) is 4. The van der Waals surface area contributed by atoms with Crippen LogP contribution < -0.4 is 0 Å². The lowest BCUT2D eigenvalue weighted by Gasteiger charge is -2.08. The fourth-order valence-corrected chi connectivity index (χ4v) is 9.24. The molecule has 62 heavy (non-hydrogen) atoms. The first kappa shape index (κ1) is 45.0. The largest absolute Gasteiger partial charge is 0.392 e. The average Bonchev–Trinajstić information content (AvgIpc) is 4.16. The maximum absolute atomic E-state index is 9.91. The summed E-state index contributed by atoms with van der Waals surface area (Å²) in [5.74, 6) is 0. The molecule has 0 saturated carbocycles. The molecule has 0 atom stereocenters. The Labute approximate surface area is 370 Å². The number of fused-ring (bicyclic) bond motifs is 8. The van der Waals surface area contributed by atoms with Gasteiger partial charge in [-0.2, -0.15) is 0 Å². The maximum Gasteiger partial charge on any atom is 0.0737 e. The molecule has 6 nitrogen and oxygen atoms in total. The summed E-state index contributed by atoms with van der Waals surface area (Å²) in [4.78, 5) is 18.7. The fraction of sp³-hybridized carbons (Fsp3) is 0.429. The van der Waals surface area contributed by atoms with E-state index < -0.39 is 0 Å². The van der Waals surface area contributed by atoms with E-state index in [1.54, 1.807) is 0 Å². The predicted octanol–water partition coefficient (Wildman–Crippen LogP) is 15.1. The summed E-state index contributed by atoms with van der Waals surface area (Å²) in [6, 6.07) is 25.2. The van der Waals surface area contributed by atoms with Crippen LogP contribution in [0.25, 0.3) is 68.6 Å². The van der Waals surface area contributed by atoms with Gasteiger partial charge in [0.15, 0.2) is 0 Å². The second-order valence-corrected chi connectivity index (χ2v) is 17.6. The van der Waals surface area contributed by atoms with Crippen molar-refractivity contribution in [2.24, 2.45) is 0 Å². The molecule has 0 amide bonds. The Morgan fingerprint density at radius 1 is 0.371 bits per heavy atom. The van der Waals surface area contributed by atoms with Crippen molar-refractivity contribution in [1.82, 2.24) is 19.9 Å². The molecule has 326 valence electrons. The lowest BCUT2D eigenvalue weighted by atomic mass is 10.0. The van der Waals surface area contributed by atoms with E-state index in [0.717, 1.165) is 104 Å². The highest BCUT2D eigenvalue weighted by molar-refractivity contribution is 5.97. The zero-order valence-corrected chi connectivity index (χ0v) is 37.6. The van der Waals surface area contributed by atoms with Crippen LogP contribution in [0.4, 0.5) is 0 Å². The van der Waals surface area contributed by atoms with Crippen molar-refractivity contribution in [3.8, 4) is 22.3 Å². The number of nitrogens with zero attached hydrogens (tertiary/aromatic N) is 2. The number of aliphatic hydroxyl groups is 2. The number of unbranched alkanes of at least 4 members (excludes halogenated alkanes) is 16. The minimum Gasteiger partial charge on any atom is -0.392 e. The third-order valence-electron chi connectivity index (χ3n) is 12.9. The van der Waals surface area contributed by atoms with Gasteiger partial charge in [-0.25, -0.2) is 9.97 Å². The number of aliphatic hydroxyl groups excluding tert-OH is 2. The van der Waals surface area contributed by atoms with Crippen LogP contribution in [0.2, 0.25) is 0 Å². The summed E-state index contributed by atoms with van der Waals surface area (Å²) in [5, 5.41) is 19.8. The first-order valence-electron chi connectivity index (χ1n) is 24.1. The summed E-state index contributed by atoms with van der Waals surface area (Å²) in [5.41, 5.74) is 16.4. The van der Waals surface area contributed by atoms with Crippen molar-refractivity contribution in [3.63, 3.8) is 0 Å². The van der Waals surface area contributed by atoms with E-state index in [1.165, 1.54) is 114 Å². The molecule has 2 aliphatic heterocycles. The second-order valence-electron chi connectivity index (χ2n) is 17.6. The Kier molecular flexibility index (Phi) is 17.0. The highest BCUT2D eigenvalue weighted by Crippen LogP contribution is 2.35. The van der Waals surface area contributed by atoms with Gasteiger partial charge in [-0.3, -0.25) is 0 Å². The predicted molar refractivity (Wildman–Crippen MR) is 263 cm³/mol. The van der Waals surface area contributed by atoms with Crippen LogP contribution >= 0.6 is 0 Å². The van der Waals surface area contributed by atoms with E-state index in [4.69, 9.17) is 9.97 Å². The number of aromatic nitrogens is 4. The molecule has 0 aliphatic carbocycles. The molecule has 0 saturated heterocycles. The third-order valence-corrected chi connectivity index (χ3v) is 12.9. The van der Waals surface area contributed by atoms with Gasteiger partial charge in [0.25, 0.3) is 0 Å². The molecule has 5 aromatic rings. The number of aryl methyl sites for hydroxylation is 1. The highest BCUT2D eigenvalue weighted by atomic mass is 16.3. The van der Waals surface area contributed by atoms with Gasteiger partial charge in [-0.1, -0.05) is 165 Å². The SMILES string of the molecule is CCCCCCCCCCCc1c2nc(c(CCCCCCCCCCC)c3ccc([nH]3)c(-c3ccc(CO)cc3)c3ccc([nH]3)c(-c3ccc(CO)cc3)c3nc1C=C3)C=C2. The molecule has 8 bridgehead atoms. The normalized spacial score (nSPS) is 12.2. The summed E-state index contributed by atoms with van der Waals surface area (Å²) in [6.45, 7) is 4.57. The molecule has 3 aromatic heterocycles. The molecule has 5 heterocycles. The smallest absolute Gasteiger partial charge is 0.0737 e. The maximum atomic E-state index is 9.91. The fourth-order valence-electron chi connectivity index (χ4n) is 9.24. The Hall–Kier alpha value is -5.04. The standard InChI is InChI=1S/C56H70N4O2/c1-3-5-7-9-11-13-15-17-19-21-45-47-31-32-48(57-47)46(22-20-18-16-14-12-10-8-6-4-2)50-34-36-52(59-50)56(44-29-25-42(40-62)26-30-44)54-38-37-53(60-54)55(51-35-33-49(45)58-51)43-27-23-41(39-61)24-28-43/h23-38,58,60-62H,3-22,39-40H2,1-2H3. The molecule has 0 spiro atoms. The minimum atomic E-state index is -0.00326. The Morgan fingerprint density at radius 2 is 0.726 bits per heavy atom. The molecule has 2 aromatic carbocycles. The van der Waals surface area contributed by atoms with Crippen LogP contribution in [0.5, 0.6) is 0 Å². The Bertz CT molecular complexity index is 2420. The van der Waals surface area contributed by atoms with E-state index >= 15 is 0 Å². The van der Waals surface area contributed by atoms with Gasteiger partial charge < -0.3 is 20.2 Å². The van der Waals surface area contributed by atoms with Crippen molar-refractivity contribution >= 4 is 46.4 Å². The van der Waals surface area contributed by atoms with Crippen molar-refractivity contribution in [1.29, 1.82) is 0 Å². The van der Waals surface area contributed by atoms with Gasteiger partial charge in [-0.05, 0) is 96.5 Å². The van der Waals surface area contributed by atoms with Gasteiger partial charge in [0.2, 0.25) is 0 Å². The van der Waals surface area contributed by atoms with Crippen molar-refractivity contribution in [2.45, 2.75) is 155 Å². The van der Waals surface area contributed by atoms with Crippen LogP contribution in [0.1, 0.15) is 174 Å². The first-order chi connectivity index (χ1) is 30.6. The molecule has 7 rings (SSSR count). The van der Waals surface area contributed by atoms with E-state index in [1.807, 2.05) is 24.3 Å². The Morgan fingerprint density at radius 3 is 1.21 bits per heavy atom. The number of aromatic amines is 2. The van der Waals surface area contributed by atoms with Gasteiger partial charge in [0.1, 0.15) is 0 Å². The first-order valence-corrected chi connectivity index (χ1v) is 24.1. The number of rotatable bonds is 24. The molecular weight excluding hydrogens is 761 g/mol. The third kappa shape index (κ3) is 11.7. The van der Waals surface area contributed by atoms with E-state index in [-0.39, 0.29) is 13.2 Å². The summed E-state index contributed by atoms with van der Waals surface area (Å²) < 4.78 is 0. The van der Waals surface area contributed by atoms with E-state index in [9.17, 15) is 10.2 Å². The zero-order valence-electron chi connectivity index (χ0n) is 37.6. The second kappa shape index (κ2) is 23.4. The van der Waals surface area contributed by atoms with Crippen LogP contribution in [-0.4, -0.2) is 30.1 Å². The number of benzene rings is 2. The average molecular weight is 831 g/mol. The minimum absolute atomic E-state index is 0.00108. The van der Waals surface area contributed by atoms with Gasteiger partial charge >= 0.3 is 0 Å². The molecule has 2 aliphatic rings. The number of hydrogen-bond acceptors (Lipinski definition) is 4. The highest BCUT2D eigenvalue weighted by Gasteiger charge is 2.18. The summed E-state index contributed by atoms with van der Waals surface area (Å²) in [6.07, 6.45) is 34.0. The van der Waals surface area contributed by atoms with Crippen LogP contribution in [0, 0.1) is 0 Å². The van der Waals surface area contributed by atoms with E-state index in [2.05, 4.69) is 96.7 Å². The molecular formula is C56H70N4O2. The molecule has 4 N–H and O–H groups in total. The summed E-state index contributed by atoms with van der Waals surface area (Å²) >= 11 is 0. The quantitative estimate of drug-likeness (QED) is 0.0456. The molecule has 0 fully saturated rings. The van der Waals surface area contributed by atoms with Crippen molar-refractivity contribution in [2.75, 3.05) is 0 Å². The monoisotopic (exact) mass is 831 g/mol. The van der Waals surface area contributed by atoms with Crippen LogP contribution in [0.3, 0.4) is 0 Å². The van der Waals surface area contributed by atoms with Crippen LogP contribution in [0.15, 0.2) is 72.8 Å². The topological polar surface area (TPSA) is 97.8 Å². The van der Waals surface area contributed by atoms with Crippen molar-refractivity contribution in [3.05, 3.63) is 118 Å². The number of H-pyrrole nitrogens is 2. The van der Waals surface area contributed by atoms with E-state index in [0.29, 0.717) is 0 Å². The Balaban J connectivity index is 1.36. The lowest BCUT2D eigenvalue weighted by Crippen LogP contribution is -1.97. The lowest BCUT2D eigenvalue weighted by molar-refractivity contribution is 0.281. The molecule has 6 heteroatoms. The number of nitrogens with one attached hydrogen (secondary N) is 2. The van der Waals surface area contributed by atoms with Crippen molar-refractivity contribution < 1.29 is 10.2 Å².